The smallest absolute Gasteiger partial charge is 0.144 e. The highest BCUT2D eigenvalue weighted by atomic mass is 16.5. The van der Waals surface area contributed by atoms with Gasteiger partial charge in [-0.25, -0.2) is 0 Å². The van der Waals surface area contributed by atoms with E-state index in [1.165, 1.54) is 5.56 Å². The molecule has 1 N–H and O–H groups in total. The van der Waals surface area contributed by atoms with Crippen LogP contribution in [0.3, 0.4) is 0 Å². The van der Waals surface area contributed by atoms with Crippen molar-refractivity contribution in [1.29, 1.82) is 0 Å². The molecule has 0 bridgehead atoms. The van der Waals surface area contributed by atoms with Crippen molar-refractivity contribution in [1.82, 2.24) is 0 Å². The molecule has 1 aliphatic rings. The van der Waals surface area contributed by atoms with Crippen molar-refractivity contribution in [3.05, 3.63) is 53.2 Å². The number of hydrogen-bond acceptors (Lipinski definition) is 1. The summed E-state index contributed by atoms with van der Waals surface area (Å²) >= 11 is 0. The van der Waals surface area contributed by atoms with Crippen LogP contribution in [0.2, 0.25) is 0 Å². The van der Waals surface area contributed by atoms with E-state index in [1.807, 2.05) is 43.3 Å². The molecule has 1 aliphatic heterocycles. The number of para-hydroxylation sites is 1. The maximum atomic E-state index is 12.0. The summed E-state index contributed by atoms with van der Waals surface area (Å²) in [6.45, 7) is 2.05. The Morgan fingerprint density at radius 2 is 1.67 bits per heavy atom. The molecule has 3 rings (SSSR count). The molecule has 2 heteroatoms. The molecule has 0 aliphatic carbocycles. The summed E-state index contributed by atoms with van der Waals surface area (Å²) in [4.78, 5) is 0. The molecule has 1 unspecified atom stereocenters. The third kappa shape index (κ3) is 1.12. The first kappa shape index (κ1) is 8.65. The van der Waals surface area contributed by atoms with E-state index >= 15 is 0 Å². The Morgan fingerprint density at radius 3 is 2.53 bits per heavy atom. The van der Waals surface area contributed by atoms with Crippen molar-refractivity contribution in [3.63, 3.8) is 0 Å². The predicted molar refractivity (Wildman–Crippen MR) is 60.3 cm³/mol. The molecule has 0 saturated carbocycles. The molecule has 1 heterocycles. The normalized spacial score (nSPS) is 17.3. The van der Waals surface area contributed by atoms with E-state index in [-0.39, 0.29) is 5.06 Å². The van der Waals surface area contributed by atoms with Crippen LogP contribution in [0.4, 0.5) is 11.4 Å². The standard InChI is InChI=1S/C13H11NO/c1-9-6-7-13-11(8-9)10-4-2-3-5-12(10)14(13)15/h2-8,14H,1H3. The van der Waals surface area contributed by atoms with Crippen LogP contribution in [0.15, 0.2) is 42.5 Å². The molecule has 2 nitrogen and oxygen atoms in total. The minimum Gasteiger partial charge on any atom is -0.623 e. The van der Waals surface area contributed by atoms with Crippen molar-refractivity contribution in [2.24, 2.45) is 0 Å². The zero-order chi connectivity index (χ0) is 10.4. The van der Waals surface area contributed by atoms with Gasteiger partial charge < -0.3 is 10.3 Å². The van der Waals surface area contributed by atoms with Crippen molar-refractivity contribution in [2.45, 2.75) is 6.92 Å². The molecule has 15 heavy (non-hydrogen) atoms. The second kappa shape index (κ2) is 2.92. The maximum Gasteiger partial charge on any atom is 0.144 e. The van der Waals surface area contributed by atoms with E-state index in [4.69, 9.17) is 0 Å². The Hall–Kier alpha value is -1.64. The average molecular weight is 197 g/mol. The van der Waals surface area contributed by atoms with Crippen LogP contribution in [0.1, 0.15) is 5.56 Å². The number of nitrogens with one attached hydrogen (secondary N) is 1. The second-order valence-corrected chi connectivity index (χ2v) is 3.92. The fourth-order valence-corrected chi connectivity index (χ4v) is 2.14. The summed E-state index contributed by atoms with van der Waals surface area (Å²) < 4.78 is 0. The Balaban J connectivity index is 2.34. The van der Waals surface area contributed by atoms with E-state index < -0.39 is 0 Å². The fraction of sp³-hybridized carbons (Fsp3) is 0.0769. The second-order valence-electron chi connectivity index (χ2n) is 3.92. The lowest BCUT2D eigenvalue weighted by Gasteiger charge is -2.16. The van der Waals surface area contributed by atoms with E-state index in [2.05, 4.69) is 6.07 Å². The minimum absolute atomic E-state index is 0.153. The van der Waals surface area contributed by atoms with Gasteiger partial charge in [-0.1, -0.05) is 23.8 Å². The summed E-state index contributed by atoms with van der Waals surface area (Å²) in [5.74, 6) is 0. The van der Waals surface area contributed by atoms with Gasteiger partial charge >= 0.3 is 0 Å². The highest BCUT2D eigenvalue weighted by Gasteiger charge is 2.25. The number of hydrogen-bond donors (Lipinski definition) is 1. The van der Waals surface area contributed by atoms with Gasteiger partial charge in [-0.3, -0.25) is 0 Å². The number of rotatable bonds is 0. The summed E-state index contributed by atoms with van der Waals surface area (Å²) in [5.41, 5.74) is 5.01. The van der Waals surface area contributed by atoms with Crippen LogP contribution in [-0.4, -0.2) is 0 Å². The van der Waals surface area contributed by atoms with E-state index in [0.717, 1.165) is 22.5 Å². The topological polar surface area (TPSA) is 27.5 Å². The largest absolute Gasteiger partial charge is 0.623 e. The molecule has 2 aromatic carbocycles. The minimum atomic E-state index is 0.153. The van der Waals surface area contributed by atoms with Crippen molar-refractivity contribution in [3.8, 4) is 11.1 Å². The van der Waals surface area contributed by atoms with Crippen LogP contribution in [0.5, 0.6) is 0 Å². The lowest BCUT2D eigenvalue weighted by Crippen LogP contribution is -2.95. The molecule has 74 valence electrons. The SMILES string of the molecule is Cc1ccc2c(c1)-c1ccccc1[NH+]2[O-]. The molecule has 0 fully saturated rings. The fourth-order valence-electron chi connectivity index (χ4n) is 2.14. The summed E-state index contributed by atoms with van der Waals surface area (Å²) in [6.07, 6.45) is 0. The van der Waals surface area contributed by atoms with Crippen LogP contribution >= 0.6 is 0 Å². The summed E-state index contributed by atoms with van der Waals surface area (Å²) in [6, 6.07) is 13.8. The zero-order valence-corrected chi connectivity index (χ0v) is 8.45. The van der Waals surface area contributed by atoms with Gasteiger partial charge in [-0.05, 0) is 19.1 Å². The number of benzene rings is 2. The molecular weight excluding hydrogens is 186 g/mol. The van der Waals surface area contributed by atoms with E-state index in [1.54, 1.807) is 0 Å². The molecule has 0 saturated heterocycles. The highest BCUT2D eigenvalue weighted by molar-refractivity contribution is 5.85. The van der Waals surface area contributed by atoms with Gasteiger partial charge in [0.1, 0.15) is 11.4 Å². The molecule has 0 radical (unpaired) electrons. The van der Waals surface area contributed by atoms with Crippen LogP contribution in [-0.2, 0) is 0 Å². The molecule has 2 aromatic rings. The average Bonchev–Trinajstić information content (AvgIpc) is 2.54. The van der Waals surface area contributed by atoms with Gasteiger partial charge in [0, 0.05) is 23.3 Å². The van der Waals surface area contributed by atoms with Gasteiger partial charge in [-0.15, -0.1) is 0 Å². The van der Waals surface area contributed by atoms with E-state index in [0.29, 0.717) is 0 Å². The van der Waals surface area contributed by atoms with Crippen molar-refractivity contribution in [2.75, 3.05) is 0 Å². The van der Waals surface area contributed by atoms with Crippen molar-refractivity contribution < 1.29 is 5.06 Å². The quantitative estimate of drug-likeness (QED) is 0.645. The van der Waals surface area contributed by atoms with Crippen molar-refractivity contribution >= 4 is 11.4 Å². The summed E-state index contributed by atoms with van der Waals surface area (Å²) in [5, 5.41) is 12.2. The molecule has 0 spiro atoms. The Labute approximate surface area is 88.4 Å². The zero-order valence-electron chi connectivity index (χ0n) is 8.45. The van der Waals surface area contributed by atoms with Gasteiger partial charge in [0.25, 0.3) is 0 Å². The maximum absolute atomic E-state index is 12.0. The molecule has 0 amide bonds. The molecular formula is C13H11NO. The first-order valence-electron chi connectivity index (χ1n) is 5.02. The van der Waals surface area contributed by atoms with Gasteiger partial charge in [-0.2, -0.15) is 0 Å². The third-order valence-electron chi connectivity index (χ3n) is 2.88. The van der Waals surface area contributed by atoms with E-state index in [9.17, 15) is 5.21 Å². The molecule has 0 aromatic heterocycles. The monoisotopic (exact) mass is 197 g/mol. The van der Waals surface area contributed by atoms with Gasteiger partial charge in [0.15, 0.2) is 0 Å². The third-order valence-corrected chi connectivity index (χ3v) is 2.88. The molecule has 1 atom stereocenters. The number of aryl methyl sites for hydroxylation is 1. The highest BCUT2D eigenvalue weighted by Crippen LogP contribution is 2.36. The lowest BCUT2D eigenvalue weighted by atomic mass is 10.0. The lowest BCUT2D eigenvalue weighted by molar-refractivity contribution is -0.694. The van der Waals surface area contributed by atoms with Gasteiger partial charge in [0.05, 0.1) is 0 Å². The Kier molecular flexibility index (Phi) is 1.69. The first-order valence-corrected chi connectivity index (χ1v) is 5.02. The number of quaternary nitrogens is 1. The van der Waals surface area contributed by atoms with Crippen LogP contribution in [0.25, 0.3) is 11.1 Å². The van der Waals surface area contributed by atoms with Gasteiger partial charge in [0.2, 0.25) is 0 Å². The Morgan fingerprint density at radius 1 is 0.933 bits per heavy atom. The number of fused-ring (bicyclic) bond motifs is 3. The predicted octanol–water partition coefficient (Wildman–Crippen LogP) is 2.32. The van der Waals surface area contributed by atoms with Crippen LogP contribution in [0, 0.1) is 12.1 Å². The first-order chi connectivity index (χ1) is 7.27. The summed E-state index contributed by atoms with van der Waals surface area (Å²) in [7, 11) is 0. The Bertz CT molecular complexity index is 534. The van der Waals surface area contributed by atoms with Crippen LogP contribution < -0.4 is 5.06 Å².